The highest BCUT2D eigenvalue weighted by Crippen LogP contribution is 2.46. The molecule has 0 bridgehead atoms. The third-order valence-electron chi connectivity index (χ3n) is 3.62. The average Bonchev–Trinajstić information content (AvgIpc) is 2.16. The molecule has 1 atom stereocenters. The van der Waals surface area contributed by atoms with Crippen LogP contribution in [-0.2, 0) is 0 Å². The summed E-state index contributed by atoms with van der Waals surface area (Å²) in [6.45, 7) is 4.40. The summed E-state index contributed by atoms with van der Waals surface area (Å²) in [5, 5.41) is 10.5. The van der Waals surface area contributed by atoms with Gasteiger partial charge < -0.3 is 5.11 Å². The number of hydrogen-bond acceptors (Lipinski definition) is 1. The van der Waals surface area contributed by atoms with Gasteiger partial charge in [-0.3, -0.25) is 0 Å². The molecule has 0 aromatic heterocycles. The topological polar surface area (TPSA) is 20.2 Å². The monoisotopic (exact) mass is 204 g/mol. The molecular weight excluding hydrogens is 184 g/mol. The molecule has 1 fully saturated rings. The molecule has 0 heterocycles. The second kappa shape index (κ2) is 3.97. The third-order valence-corrected chi connectivity index (χ3v) is 3.62. The van der Waals surface area contributed by atoms with Crippen LogP contribution < -0.4 is 0 Å². The smallest absolute Gasteiger partial charge is 0.0718 e. The van der Waals surface area contributed by atoms with Crippen molar-refractivity contribution in [2.75, 3.05) is 0 Å². The maximum absolute atomic E-state index is 10.5. The first kappa shape index (κ1) is 10.7. The van der Waals surface area contributed by atoms with Crippen LogP contribution in [-0.4, -0.2) is 10.7 Å². The van der Waals surface area contributed by atoms with Gasteiger partial charge in [-0.05, 0) is 30.7 Å². The lowest BCUT2D eigenvalue weighted by Crippen LogP contribution is -2.45. The summed E-state index contributed by atoms with van der Waals surface area (Å²) in [6, 6.07) is 10.4. The van der Waals surface area contributed by atoms with E-state index in [1.54, 1.807) is 0 Å². The van der Waals surface area contributed by atoms with Crippen LogP contribution in [0.2, 0.25) is 0 Å². The van der Waals surface area contributed by atoms with Gasteiger partial charge in [0.25, 0.3) is 0 Å². The summed E-state index contributed by atoms with van der Waals surface area (Å²) in [5.74, 6) is 0.796. The molecule has 1 N–H and O–H groups in total. The molecule has 2 rings (SSSR count). The Labute approximate surface area is 92.1 Å². The van der Waals surface area contributed by atoms with Crippen molar-refractivity contribution in [3.63, 3.8) is 0 Å². The molecule has 0 aliphatic heterocycles. The molecule has 0 saturated heterocycles. The first-order valence-corrected chi connectivity index (χ1v) is 5.91. The van der Waals surface area contributed by atoms with Crippen molar-refractivity contribution in [2.24, 2.45) is 5.92 Å². The second-order valence-electron chi connectivity index (χ2n) is 5.09. The molecule has 0 unspecified atom stereocenters. The van der Waals surface area contributed by atoms with Gasteiger partial charge in [0.15, 0.2) is 0 Å². The predicted octanol–water partition coefficient (Wildman–Crippen LogP) is 3.34. The minimum atomic E-state index is -0.435. The molecule has 1 nitrogen and oxygen atoms in total. The molecule has 0 radical (unpaired) electrons. The highest BCUT2D eigenvalue weighted by atomic mass is 16.3. The molecule has 1 aliphatic rings. The van der Waals surface area contributed by atoms with Gasteiger partial charge in [0, 0.05) is 5.92 Å². The van der Waals surface area contributed by atoms with Crippen molar-refractivity contribution in [1.29, 1.82) is 0 Å². The van der Waals surface area contributed by atoms with Crippen LogP contribution in [0.4, 0.5) is 0 Å². The van der Waals surface area contributed by atoms with E-state index in [0.29, 0.717) is 11.8 Å². The summed E-state index contributed by atoms with van der Waals surface area (Å²) in [7, 11) is 0. The normalized spacial score (nSPS) is 21.1. The van der Waals surface area contributed by atoms with Crippen molar-refractivity contribution in [1.82, 2.24) is 0 Å². The number of aliphatic hydroxyl groups is 1. The Kier molecular flexibility index (Phi) is 2.83. The lowest BCUT2D eigenvalue weighted by molar-refractivity contribution is -0.0688. The fraction of sp³-hybridized carbons (Fsp3) is 0.571. The SMILES string of the molecule is CC(C)[C@@H](c1ccccc1)C1(O)CCC1. The van der Waals surface area contributed by atoms with Crippen molar-refractivity contribution < 1.29 is 5.11 Å². The van der Waals surface area contributed by atoms with Crippen LogP contribution >= 0.6 is 0 Å². The molecule has 1 aliphatic carbocycles. The van der Waals surface area contributed by atoms with Crippen LogP contribution in [0.25, 0.3) is 0 Å². The zero-order valence-electron chi connectivity index (χ0n) is 9.61. The van der Waals surface area contributed by atoms with E-state index in [-0.39, 0.29) is 0 Å². The fourth-order valence-electron chi connectivity index (χ4n) is 2.83. The molecule has 1 aromatic carbocycles. The highest BCUT2D eigenvalue weighted by molar-refractivity contribution is 5.24. The molecule has 15 heavy (non-hydrogen) atoms. The van der Waals surface area contributed by atoms with E-state index in [0.717, 1.165) is 12.8 Å². The molecular formula is C14H20O. The van der Waals surface area contributed by atoms with Gasteiger partial charge in [0.2, 0.25) is 0 Å². The molecule has 1 aromatic rings. The van der Waals surface area contributed by atoms with Gasteiger partial charge in [-0.2, -0.15) is 0 Å². The van der Waals surface area contributed by atoms with Gasteiger partial charge in [-0.25, -0.2) is 0 Å². The lowest BCUT2D eigenvalue weighted by Gasteiger charge is -2.45. The van der Waals surface area contributed by atoms with E-state index in [1.807, 2.05) is 6.07 Å². The summed E-state index contributed by atoms with van der Waals surface area (Å²) >= 11 is 0. The zero-order chi connectivity index (χ0) is 10.9. The molecule has 0 spiro atoms. The van der Waals surface area contributed by atoms with Crippen molar-refractivity contribution in [3.8, 4) is 0 Å². The second-order valence-corrected chi connectivity index (χ2v) is 5.09. The fourth-order valence-corrected chi connectivity index (χ4v) is 2.83. The summed E-state index contributed by atoms with van der Waals surface area (Å²) < 4.78 is 0. The van der Waals surface area contributed by atoms with Crippen molar-refractivity contribution in [3.05, 3.63) is 35.9 Å². The van der Waals surface area contributed by atoms with Gasteiger partial charge in [0.05, 0.1) is 5.60 Å². The Hall–Kier alpha value is -0.820. The molecule has 1 saturated carbocycles. The summed E-state index contributed by atoms with van der Waals surface area (Å²) in [5.41, 5.74) is 0.852. The predicted molar refractivity (Wildman–Crippen MR) is 62.8 cm³/mol. The van der Waals surface area contributed by atoms with E-state index in [2.05, 4.69) is 38.1 Å². The van der Waals surface area contributed by atoms with E-state index in [4.69, 9.17) is 0 Å². The van der Waals surface area contributed by atoms with Gasteiger partial charge in [-0.15, -0.1) is 0 Å². The van der Waals surface area contributed by atoms with E-state index in [1.165, 1.54) is 12.0 Å². The Morgan fingerprint density at radius 1 is 1.13 bits per heavy atom. The number of hydrogen-bond donors (Lipinski definition) is 1. The summed E-state index contributed by atoms with van der Waals surface area (Å²) in [6.07, 6.45) is 3.10. The quantitative estimate of drug-likeness (QED) is 0.800. The molecule has 1 heteroatoms. The van der Waals surface area contributed by atoms with Gasteiger partial charge in [0.1, 0.15) is 0 Å². The standard InChI is InChI=1S/C14H20O/c1-11(2)13(14(15)9-6-10-14)12-7-4-3-5-8-12/h3-5,7-8,11,13,15H,6,9-10H2,1-2H3/t13-/m0/s1. The van der Waals surface area contributed by atoms with Crippen LogP contribution in [0, 0.1) is 5.92 Å². The molecule has 0 amide bonds. The van der Waals surface area contributed by atoms with Crippen molar-refractivity contribution in [2.45, 2.75) is 44.6 Å². The Bertz CT molecular complexity index is 311. The Morgan fingerprint density at radius 3 is 2.13 bits per heavy atom. The highest BCUT2D eigenvalue weighted by Gasteiger charge is 2.44. The maximum Gasteiger partial charge on any atom is 0.0718 e. The number of benzene rings is 1. The third kappa shape index (κ3) is 1.93. The van der Waals surface area contributed by atoms with Crippen LogP contribution in [0.1, 0.15) is 44.6 Å². The maximum atomic E-state index is 10.5. The Morgan fingerprint density at radius 2 is 1.73 bits per heavy atom. The first-order valence-electron chi connectivity index (χ1n) is 5.91. The number of rotatable bonds is 3. The van der Waals surface area contributed by atoms with Crippen LogP contribution in [0.3, 0.4) is 0 Å². The van der Waals surface area contributed by atoms with Gasteiger partial charge >= 0.3 is 0 Å². The largest absolute Gasteiger partial charge is 0.389 e. The molecule has 82 valence electrons. The van der Waals surface area contributed by atoms with Gasteiger partial charge in [-0.1, -0.05) is 44.2 Å². The van der Waals surface area contributed by atoms with Crippen LogP contribution in [0.15, 0.2) is 30.3 Å². The zero-order valence-corrected chi connectivity index (χ0v) is 9.61. The van der Waals surface area contributed by atoms with E-state index >= 15 is 0 Å². The van der Waals surface area contributed by atoms with E-state index < -0.39 is 5.60 Å². The minimum absolute atomic E-state index is 0.299. The lowest BCUT2D eigenvalue weighted by atomic mass is 9.65. The van der Waals surface area contributed by atoms with Crippen molar-refractivity contribution >= 4 is 0 Å². The average molecular weight is 204 g/mol. The first-order chi connectivity index (χ1) is 7.13. The van der Waals surface area contributed by atoms with E-state index in [9.17, 15) is 5.11 Å². The Balaban J connectivity index is 2.28. The van der Waals surface area contributed by atoms with Crippen LogP contribution in [0.5, 0.6) is 0 Å². The summed E-state index contributed by atoms with van der Waals surface area (Å²) in [4.78, 5) is 0. The minimum Gasteiger partial charge on any atom is -0.389 e.